The number of amides is 1. The van der Waals surface area contributed by atoms with Gasteiger partial charge in [-0.2, -0.15) is 4.98 Å². The Morgan fingerprint density at radius 1 is 0.917 bits per heavy atom. The third-order valence-electron chi connectivity index (χ3n) is 4.23. The molecule has 1 fully saturated rings. The molecular formula is C19H17N3O2. The molecule has 1 aliphatic heterocycles. The zero-order valence-electron chi connectivity index (χ0n) is 13.2. The molecule has 24 heavy (non-hydrogen) atoms. The Labute approximate surface area is 139 Å². The smallest absolute Gasteiger partial charge is 0.258 e. The number of carbonyl (C=O) groups excluding carboxylic acids is 1. The van der Waals surface area contributed by atoms with Crippen molar-refractivity contribution in [2.24, 2.45) is 0 Å². The largest absolute Gasteiger partial charge is 0.339 e. The monoisotopic (exact) mass is 319 g/mol. The van der Waals surface area contributed by atoms with Crippen LogP contribution in [0.3, 0.4) is 0 Å². The van der Waals surface area contributed by atoms with Gasteiger partial charge in [0.1, 0.15) is 0 Å². The molecule has 2 aromatic carbocycles. The van der Waals surface area contributed by atoms with Crippen LogP contribution in [0.25, 0.3) is 22.8 Å². The van der Waals surface area contributed by atoms with Gasteiger partial charge in [0, 0.05) is 29.8 Å². The molecule has 2 heterocycles. The molecule has 0 aliphatic carbocycles. The first-order valence-corrected chi connectivity index (χ1v) is 8.10. The molecule has 0 spiro atoms. The van der Waals surface area contributed by atoms with E-state index in [2.05, 4.69) is 10.1 Å². The van der Waals surface area contributed by atoms with Crippen LogP contribution in [-0.2, 0) is 0 Å². The van der Waals surface area contributed by atoms with E-state index in [0.29, 0.717) is 17.3 Å². The van der Waals surface area contributed by atoms with Crippen LogP contribution in [0.15, 0.2) is 59.1 Å². The maximum atomic E-state index is 12.4. The molecule has 1 aromatic heterocycles. The molecule has 0 bridgehead atoms. The first-order chi connectivity index (χ1) is 11.8. The number of nitrogens with zero attached hydrogens (tertiary/aromatic N) is 3. The highest BCUT2D eigenvalue weighted by molar-refractivity contribution is 5.94. The van der Waals surface area contributed by atoms with E-state index in [-0.39, 0.29) is 5.91 Å². The number of aromatic nitrogens is 2. The first kappa shape index (κ1) is 14.6. The highest BCUT2D eigenvalue weighted by atomic mass is 16.5. The summed E-state index contributed by atoms with van der Waals surface area (Å²) in [6, 6.07) is 17.0. The first-order valence-electron chi connectivity index (χ1n) is 8.10. The molecule has 1 saturated heterocycles. The number of carbonyl (C=O) groups is 1. The minimum Gasteiger partial charge on any atom is -0.339 e. The second kappa shape index (κ2) is 6.28. The van der Waals surface area contributed by atoms with E-state index in [1.54, 1.807) is 0 Å². The topological polar surface area (TPSA) is 59.2 Å². The quantitative estimate of drug-likeness (QED) is 0.739. The molecule has 0 radical (unpaired) electrons. The minimum absolute atomic E-state index is 0.0922. The summed E-state index contributed by atoms with van der Waals surface area (Å²) >= 11 is 0. The normalized spacial score (nSPS) is 14.1. The molecule has 0 atom stereocenters. The predicted molar refractivity (Wildman–Crippen MR) is 90.3 cm³/mol. The molecule has 3 aromatic rings. The Bertz CT molecular complexity index is 835. The third-order valence-corrected chi connectivity index (χ3v) is 4.23. The fraction of sp³-hybridized carbons (Fsp3) is 0.211. The average molecular weight is 319 g/mol. The van der Waals surface area contributed by atoms with Crippen LogP contribution in [0.4, 0.5) is 0 Å². The molecule has 1 amide bonds. The minimum atomic E-state index is 0.0922. The maximum absolute atomic E-state index is 12.4. The summed E-state index contributed by atoms with van der Waals surface area (Å²) in [5.74, 6) is 1.10. The maximum Gasteiger partial charge on any atom is 0.258 e. The summed E-state index contributed by atoms with van der Waals surface area (Å²) in [7, 11) is 0. The standard InChI is InChI=1S/C19H17N3O2/c23-19(22-12-4-5-13-22)16-10-8-15(9-11-16)18-20-17(21-24-18)14-6-2-1-3-7-14/h1-3,6-11H,4-5,12-13H2. The second-order valence-electron chi connectivity index (χ2n) is 5.87. The van der Waals surface area contributed by atoms with Crippen molar-refractivity contribution in [1.82, 2.24) is 15.0 Å². The summed E-state index contributed by atoms with van der Waals surface area (Å²) in [6.45, 7) is 1.70. The fourth-order valence-corrected chi connectivity index (χ4v) is 2.90. The van der Waals surface area contributed by atoms with Gasteiger partial charge >= 0.3 is 0 Å². The lowest BCUT2D eigenvalue weighted by Crippen LogP contribution is -2.27. The van der Waals surface area contributed by atoms with E-state index >= 15 is 0 Å². The predicted octanol–water partition coefficient (Wildman–Crippen LogP) is 3.64. The van der Waals surface area contributed by atoms with Gasteiger partial charge in [-0.3, -0.25) is 4.79 Å². The lowest BCUT2D eigenvalue weighted by Gasteiger charge is -2.14. The molecule has 1 aliphatic rings. The highest BCUT2D eigenvalue weighted by Crippen LogP contribution is 2.23. The lowest BCUT2D eigenvalue weighted by molar-refractivity contribution is 0.0793. The van der Waals surface area contributed by atoms with E-state index in [9.17, 15) is 4.79 Å². The van der Waals surface area contributed by atoms with Crippen molar-refractivity contribution in [2.75, 3.05) is 13.1 Å². The van der Waals surface area contributed by atoms with Crippen LogP contribution in [0.5, 0.6) is 0 Å². The third kappa shape index (κ3) is 2.80. The van der Waals surface area contributed by atoms with Crippen LogP contribution in [0.1, 0.15) is 23.2 Å². The van der Waals surface area contributed by atoms with E-state index < -0.39 is 0 Å². The molecule has 0 saturated carbocycles. The summed E-state index contributed by atoms with van der Waals surface area (Å²) in [5.41, 5.74) is 2.42. The molecule has 120 valence electrons. The SMILES string of the molecule is O=C(c1ccc(-c2nc(-c3ccccc3)no2)cc1)N1CCCC1. The number of likely N-dealkylation sites (tertiary alicyclic amines) is 1. The molecule has 0 unspecified atom stereocenters. The van der Waals surface area contributed by atoms with Crippen LogP contribution in [0, 0.1) is 0 Å². The highest BCUT2D eigenvalue weighted by Gasteiger charge is 2.19. The number of hydrogen-bond donors (Lipinski definition) is 0. The number of benzene rings is 2. The van der Waals surface area contributed by atoms with Gasteiger partial charge in [0.2, 0.25) is 5.82 Å². The molecule has 5 nitrogen and oxygen atoms in total. The van der Waals surface area contributed by atoms with Crippen molar-refractivity contribution in [2.45, 2.75) is 12.8 Å². The summed E-state index contributed by atoms with van der Waals surface area (Å²) in [6.07, 6.45) is 2.18. The Hall–Kier alpha value is -2.95. The van der Waals surface area contributed by atoms with Crippen LogP contribution >= 0.6 is 0 Å². The summed E-state index contributed by atoms with van der Waals surface area (Å²) in [5, 5.41) is 4.02. The Balaban J connectivity index is 1.55. The fourth-order valence-electron chi connectivity index (χ4n) is 2.90. The van der Waals surface area contributed by atoms with Crippen molar-refractivity contribution < 1.29 is 9.32 Å². The zero-order chi connectivity index (χ0) is 16.4. The van der Waals surface area contributed by atoms with Crippen molar-refractivity contribution >= 4 is 5.91 Å². The van der Waals surface area contributed by atoms with Gasteiger partial charge in [0.15, 0.2) is 0 Å². The molecule has 4 rings (SSSR count). The molecule has 5 heteroatoms. The van der Waals surface area contributed by atoms with Gasteiger partial charge in [0.05, 0.1) is 0 Å². The summed E-state index contributed by atoms with van der Waals surface area (Å²) < 4.78 is 5.35. The van der Waals surface area contributed by atoms with Crippen LogP contribution in [-0.4, -0.2) is 34.0 Å². The zero-order valence-corrected chi connectivity index (χ0v) is 13.2. The van der Waals surface area contributed by atoms with Crippen molar-refractivity contribution in [3.63, 3.8) is 0 Å². The van der Waals surface area contributed by atoms with Gasteiger partial charge in [-0.1, -0.05) is 35.5 Å². The Morgan fingerprint density at radius 2 is 1.62 bits per heavy atom. The summed E-state index contributed by atoms with van der Waals surface area (Å²) in [4.78, 5) is 18.7. The van der Waals surface area contributed by atoms with Crippen molar-refractivity contribution in [3.8, 4) is 22.8 Å². The van der Waals surface area contributed by atoms with Crippen LogP contribution < -0.4 is 0 Å². The lowest BCUT2D eigenvalue weighted by atomic mass is 10.1. The number of rotatable bonds is 3. The average Bonchev–Trinajstić information content (AvgIpc) is 3.34. The second-order valence-corrected chi connectivity index (χ2v) is 5.87. The number of hydrogen-bond acceptors (Lipinski definition) is 4. The molecule has 0 N–H and O–H groups in total. The van der Waals surface area contributed by atoms with E-state index in [1.807, 2.05) is 59.5 Å². The molecular weight excluding hydrogens is 302 g/mol. The Morgan fingerprint density at radius 3 is 2.33 bits per heavy atom. The van der Waals surface area contributed by atoms with Crippen molar-refractivity contribution in [3.05, 3.63) is 60.2 Å². The van der Waals surface area contributed by atoms with Gasteiger partial charge in [-0.25, -0.2) is 0 Å². The van der Waals surface area contributed by atoms with E-state index in [4.69, 9.17) is 4.52 Å². The van der Waals surface area contributed by atoms with Crippen LogP contribution in [0.2, 0.25) is 0 Å². The Kier molecular flexibility index (Phi) is 3.83. The van der Waals surface area contributed by atoms with E-state index in [0.717, 1.165) is 37.1 Å². The van der Waals surface area contributed by atoms with E-state index in [1.165, 1.54) is 0 Å². The van der Waals surface area contributed by atoms with Gasteiger partial charge in [-0.15, -0.1) is 0 Å². The van der Waals surface area contributed by atoms with Crippen molar-refractivity contribution in [1.29, 1.82) is 0 Å². The van der Waals surface area contributed by atoms with Gasteiger partial charge in [-0.05, 0) is 37.1 Å². The van der Waals surface area contributed by atoms with Gasteiger partial charge in [0.25, 0.3) is 11.8 Å². The van der Waals surface area contributed by atoms with Gasteiger partial charge < -0.3 is 9.42 Å².